The van der Waals surface area contributed by atoms with Gasteiger partial charge in [0.1, 0.15) is 11.6 Å². The summed E-state index contributed by atoms with van der Waals surface area (Å²) in [6.45, 7) is 0. The molecule has 2 aromatic heterocycles. The largest absolute Gasteiger partial charge is 0.380 e. The molecule has 84 valence electrons. The molecule has 3 aromatic rings. The van der Waals surface area contributed by atoms with Crippen molar-refractivity contribution >= 4 is 11.2 Å². The number of fused-ring (bicyclic) bond motifs is 1. The molecule has 0 radical (unpaired) electrons. The molecule has 0 spiro atoms. The van der Waals surface area contributed by atoms with Crippen molar-refractivity contribution in [2.24, 2.45) is 0 Å². The fraction of sp³-hybridized carbons (Fsp3) is 0.0833. The lowest BCUT2D eigenvalue weighted by molar-refractivity contribution is 0.210. The van der Waals surface area contributed by atoms with E-state index in [1.54, 1.807) is 12.5 Å². The molecule has 5 nitrogen and oxygen atoms in total. The Balaban J connectivity index is 2.03. The van der Waals surface area contributed by atoms with Gasteiger partial charge in [0.15, 0.2) is 11.5 Å². The minimum Gasteiger partial charge on any atom is -0.380 e. The smallest absolute Gasteiger partial charge is 0.164 e. The molecule has 0 aliphatic heterocycles. The molecule has 17 heavy (non-hydrogen) atoms. The zero-order chi connectivity index (χ0) is 11.7. The van der Waals surface area contributed by atoms with Crippen LogP contribution in [0.2, 0.25) is 0 Å². The summed E-state index contributed by atoms with van der Waals surface area (Å²) >= 11 is 0. The number of imidazole rings is 1. The highest BCUT2D eigenvalue weighted by molar-refractivity contribution is 5.68. The highest BCUT2D eigenvalue weighted by atomic mass is 16.3. The topological polar surface area (TPSA) is 74.7 Å². The van der Waals surface area contributed by atoms with Gasteiger partial charge >= 0.3 is 0 Å². The van der Waals surface area contributed by atoms with Gasteiger partial charge in [-0.25, -0.2) is 15.0 Å². The van der Waals surface area contributed by atoms with Crippen LogP contribution in [0.5, 0.6) is 0 Å². The van der Waals surface area contributed by atoms with Gasteiger partial charge in [-0.1, -0.05) is 30.3 Å². The van der Waals surface area contributed by atoms with Crippen molar-refractivity contribution in [2.75, 3.05) is 0 Å². The molecule has 2 N–H and O–H groups in total. The van der Waals surface area contributed by atoms with E-state index < -0.39 is 6.10 Å². The lowest BCUT2D eigenvalue weighted by Gasteiger charge is -2.08. The van der Waals surface area contributed by atoms with E-state index in [-0.39, 0.29) is 0 Å². The summed E-state index contributed by atoms with van der Waals surface area (Å²) in [5.74, 6) is 0.368. The summed E-state index contributed by atoms with van der Waals surface area (Å²) in [5, 5.41) is 10.1. The van der Waals surface area contributed by atoms with Crippen LogP contribution in [0.4, 0.5) is 0 Å². The number of hydrogen-bond donors (Lipinski definition) is 2. The molecular weight excluding hydrogens is 216 g/mol. The third kappa shape index (κ3) is 1.76. The lowest BCUT2D eigenvalue weighted by atomic mass is 10.1. The van der Waals surface area contributed by atoms with Gasteiger partial charge in [-0.3, -0.25) is 0 Å². The van der Waals surface area contributed by atoms with E-state index in [2.05, 4.69) is 19.9 Å². The molecular formula is C12H10N4O. The molecule has 0 fully saturated rings. The van der Waals surface area contributed by atoms with Crippen molar-refractivity contribution in [1.29, 1.82) is 0 Å². The van der Waals surface area contributed by atoms with Crippen LogP contribution in [0.3, 0.4) is 0 Å². The summed E-state index contributed by atoms with van der Waals surface area (Å²) in [6.07, 6.45) is 2.34. The predicted octanol–water partition coefficient (Wildman–Crippen LogP) is 1.43. The van der Waals surface area contributed by atoms with Crippen molar-refractivity contribution in [3.8, 4) is 0 Å². The van der Waals surface area contributed by atoms with Crippen LogP contribution in [-0.4, -0.2) is 25.0 Å². The molecule has 0 aliphatic carbocycles. The van der Waals surface area contributed by atoms with Crippen LogP contribution in [0, 0.1) is 0 Å². The van der Waals surface area contributed by atoms with Gasteiger partial charge in [0, 0.05) is 0 Å². The summed E-state index contributed by atoms with van der Waals surface area (Å²) in [4.78, 5) is 15.3. The maximum absolute atomic E-state index is 10.1. The zero-order valence-electron chi connectivity index (χ0n) is 8.91. The standard InChI is InChI=1S/C12H10N4O/c17-10(8-4-2-1-3-5-8)12-13-6-9-11(16-12)15-7-14-9/h1-7,10,17H,(H,13,14,15,16). The van der Waals surface area contributed by atoms with Gasteiger partial charge in [-0.05, 0) is 5.56 Å². The Labute approximate surface area is 97.2 Å². The Morgan fingerprint density at radius 3 is 2.76 bits per heavy atom. The number of aliphatic hydroxyl groups excluding tert-OH is 1. The Kier molecular flexibility index (Phi) is 2.31. The Bertz CT molecular complexity index is 635. The maximum atomic E-state index is 10.1. The molecule has 0 bridgehead atoms. The van der Waals surface area contributed by atoms with E-state index in [1.165, 1.54) is 0 Å². The molecule has 1 unspecified atom stereocenters. The summed E-state index contributed by atoms with van der Waals surface area (Å²) in [7, 11) is 0. The number of benzene rings is 1. The lowest BCUT2D eigenvalue weighted by Crippen LogP contribution is -2.05. The monoisotopic (exact) mass is 226 g/mol. The fourth-order valence-electron chi connectivity index (χ4n) is 1.67. The SMILES string of the molecule is OC(c1ccccc1)c1ncc2nc[nH]c2n1. The van der Waals surface area contributed by atoms with Gasteiger partial charge in [0.05, 0.1) is 12.5 Å². The van der Waals surface area contributed by atoms with E-state index in [0.717, 1.165) is 5.56 Å². The van der Waals surface area contributed by atoms with Crippen molar-refractivity contribution < 1.29 is 5.11 Å². The van der Waals surface area contributed by atoms with Crippen molar-refractivity contribution in [3.63, 3.8) is 0 Å². The minimum atomic E-state index is -0.816. The molecule has 2 heterocycles. The number of aromatic amines is 1. The average molecular weight is 226 g/mol. The molecule has 0 saturated heterocycles. The van der Waals surface area contributed by atoms with Crippen LogP contribution in [0.15, 0.2) is 42.9 Å². The van der Waals surface area contributed by atoms with Gasteiger partial charge < -0.3 is 10.1 Å². The summed E-state index contributed by atoms with van der Waals surface area (Å²) in [6, 6.07) is 9.31. The first kappa shape index (κ1) is 9.92. The normalized spacial score (nSPS) is 12.8. The van der Waals surface area contributed by atoms with Crippen LogP contribution in [-0.2, 0) is 0 Å². The van der Waals surface area contributed by atoms with Crippen molar-refractivity contribution in [1.82, 2.24) is 19.9 Å². The molecule has 0 saturated carbocycles. The van der Waals surface area contributed by atoms with E-state index in [0.29, 0.717) is 17.0 Å². The number of nitrogens with zero attached hydrogens (tertiary/aromatic N) is 3. The molecule has 3 rings (SSSR count). The quantitative estimate of drug-likeness (QED) is 0.693. The van der Waals surface area contributed by atoms with Crippen molar-refractivity contribution in [2.45, 2.75) is 6.10 Å². The Hall–Kier alpha value is -2.27. The highest BCUT2D eigenvalue weighted by Gasteiger charge is 2.13. The third-order valence-electron chi connectivity index (χ3n) is 2.55. The zero-order valence-corrected chi connectivity index (χ0v) is 8.91. The van der Waals surface area contributed by atoms with Crippen LogP contribution < -0.4 is 0 Å². The van der Waals surface area contributed by atoms with Crippen LogP contribution in [0.1, 0.15) is 17.5 Å². The van der Waals surface area contributed by atoms with Crippen LogP contribution >= 0.6 is 0 Å². The first-order valence-electron chi connectivity index (χ1n) is 5.23. The Morgan fingerprint density at radius 2 is 1.94 bits per heavy atom. The molecule has 5 heteroatoms. The minimum absolute atomic E-state index is 0.368. The number of hydrogen-bond acceptors (Lipinski definition) is 4. The van der Waals surface area contributed by atoms with E-state index in [1.807, 2.05) is 30.3 Å². The predicted molar refractivity (Wildman–Crippen MR) is 62.2 cm³/mol. The molecule has 1 atom stereocenters. The van der Waals surface area contributed by atoms with E-state index in [4.69, 9.17) is 0 Å². The number of aromatic nitrogens is 4. The van der Waals surface area contributed by atoms with Gasteiger partial charge in [0.25, 0.3) is 0 Å². The Morgan fingerprint density at radius 1 is 1.12 bits per heavy atom. The van der Waals surface area contributed by atoms with Gasteiger partial charge in [0.2, 0.25) is 0 Å². The first-order chi connectivity index (χ1) is 8.34. The molecule has 0 aliphatic rings. The second-order valence-corrected chi connectivity index (χ2v) is 3.68. The van der Waals surface area contributed by atoms with Crippen molar-refractivity contribution in [3.05, 3.63) is 54.2 Å². The molecule has 1 aromatic carbocycles. The highest BCUT2D eigenvalue weighted by Crippen LogP contribution is 2.19. The van der Waals surface area contributed by atoms with Gasteiger partial charge in [-0.2, -0.15) is 0 Å². The number of H-pyrrole nitrogens is 1. The van der Waals surface area contributed by atoms with Crippen LogP contribution in [0.25, 0.3) is 11.2 Å². The maximum Gasteiger partial charge on any atom is 0.164 e. The second kappa shape index (κ2) is 3.95. The summed E-state index contributed by atoms with van der Waals surface area (Å²) < 4.78 is 0. The number of nitrogens with one attached hydrogen (secondary N) is 1. The number of rotatable bonds is 2. The third-order valence-corrected chi connectivity index (χ3v) is 2.55. The average Bonchev–Trinajstić information content (AvgIpc) is 2.86. The van der Waals surface area contributed by atoms with Gasteiger partial charge in [-0.15, -0.1) is 0 Å². The summed E-state index contributed by atoms with van der Waals surface area (Å²) in [5.41, 5.74) is 2.09. The number of aliphatic hydroxyl groups is 1. The first-order valence-corrected chi connectivity index (χ1v) is 5.23. The molecule has 0 amide bonds. The second-order valence-electron chi connectivity index (χ2n) is 3.68. The van der Waals surface area contributed by atoms with E-state index >= 15 is 0 Å². The van der Waals surface area contributed by atoms with E-state index in [9.17, 15) is 5.11 Å². The fourth-order valence-corrected chi connectivity index (χ4v) is 1.67.